The Balaban J connectivity index is 1.53. The van der Waals surface area contributed by atoms with E-state index in [0.29, 0.717) is 43.1 Å². The fourth-order valence-corrected chi connectivity index (χ4v) is 5.57. The van der Waals surface area contributed by atoms with E-state index in [0.717, 1.165) is 35.7 Å². The van der Waals surface area contributed by atoms with Crippen LogP contribution in [0.4, 0.5) is 0 Å². The molecular weight excluding hydrogens is 597 g/mol. The smallest absolute Gasteiger partial charge is 0.282 e. The minimum atomic E-state index is -0.208. The molecule has 0 saturated heterocycles. The molecule has 0 aliphatic heterocycles. The monoisotopic (exact) mass is 617 g/mol. The summed E-state index contributed by atoms with van der Waals surface area (Å²) < 4.78 is 8.31. The van der Waals surface area contributed by atoms with Gasteiger partial charge >= 0.3 is 0 Å². The fraction of sp³-hybridized carbons (Fsp3) is 0.250. The second-order valence-electron chi connectivity index (χ2n) is 9.03. The third kappa shape index (κ3) is 6.04. The van der Waals surface area contributed by atoms with Gasteiger partial charge in [-0.15, -0.1) is 0 Å². The van der Waals surface area contributed by atoms with Gasteiger partial charge in [0.15, 0.2) is 0 Å². The number of ether oxygens (including phenoxy) is 1. The molecule has 1 saturated carbocycles. The Morgan fingerprint density at radius 3 is 2.54 bits per heavy atom. The summed E-state index contributed by atoms with van der Waals surface area (Å²) in [6.07, 6.45) is 6.99. The number of aromatic nitrogens is 2. The molecule has 1 aromatic heterocycles. The van der Waals surface area contributed by atoms with E-state index in [-0.39, 0.29) is 18.1 Å². The highest BCUT2D eigenvalue weighted by Crippen LogP contribution is 2.32. The maximum atomic E-state index is 13.6. The maximum absolute atomic E-state index is 13.6. The zero-order valence-electron chi connectivity index (χ0n) is 19.8. The van der Waals surface area contributed by atoms with Crippen LogP contribution in [0.1, 0.15) is 55.0 Å². The van der Waals surface area contributed by atoms with E-state index in [9.17, 15) is 4.79 Å². The molecule has 0 N–H and O–H groups in total. The van der Waals surface area contributed by atoms with Crippen molar-refractivity contribution in [1.82, 2.24) is 9.66 Å². The molecule has 0 amide bonds. The summed E-state index contributed by atoms with van der Waals surface area (Å²) in [5.74, 6) is 1.42. The summed E-state index contributed by atoms with van der Waals surface area (Å²) in [4.78, 5) is 18.5. The lowest BCUT2D eigenvalue weighted by Crippen LogP contribution is -2.25. The predicted octanol–water partition coefficient (Wildman–Crippen LogP) is 8.63. The molecular formula is C28H23BrCl3N3O2. The van der Waals surface area contributed by atoms with Crippen molar-refractivity contribution in [1.29, 1.82) is 0 Å². The van der Waals surface area contributed by atoms with Crippen molar-refractivity contribution >= 4 is 67.9 Å². The molecule has 0 radical (unpaired) electrons. The van der Waals surface area contributed by atoms with Gasteiger partial charge < -0.3 is 4.74 Å². The molecule has 0 unspecified atom stereocenters. The average molecular weight is 620 g/mol. The minimum Gasteiger partial charge on any atom is -0.488 e. The minimum absolute atomic E-state index is 0.175. The van der Waals surface area contributed by atoms with Gasteiger partial charge in [0.25, 0.3) is 5.56 Å². The van der Waals surface area contributed by atoms with Crippen molar-refractivity contribution in [2.45, 2.75) is 44.6 Å². The number of halogens is 4. The average Bonchev–Trinajstić information content (AvgIpc) is 2.89. The Morgan fingerprint density at radius 1 is 1.00 bits per heavy atom. The Hall–Kier alpha value is -2.38. The summed E-state index contributed by atoms with van der Waals surface area (Å²) in [5.41, 5.74) is 1.89. The number of hydrogen-bond donors (Lipinski definition) is 0. The van der Waals surface area contributed by atoms with Crippen LogP contribution in [0.15, 0.2) is 69.0 Å². The van der Waals surface area contributed by atoms with Gasteiger partial charge in [0.05, 0.1) is 17.1 Å². The molecule has 0 spiro atoms. The highest BCUT2D eigenvalue weighted by atomic mass is 79.9. The van der Waals surface area contributed by atoms with Gasteiger partial charge in [0, 0.05) is 36.6 Å². The molecule has 1 fully saturated rings. The summed E-state index contributed by atoms with van der Waals surface area (Å²) in [6.45, 7) is 0.233. The fourth-order valence-electron chi connectivity index (χ4n) is 4.57. The Labute approximate surface area is 238 Å². The van der Waals surface area contributed by atoms with Crippen LogP contribution in [0.2, 0.25) is 15.1 Å². The molecule has 0 atom stereocenters. The van der Waals surface area contributed by atoms with Crippen LogP contribution in [0.25, 0.3) is 10.9 Å². The van der Waals surface area contributed by atoms with Gasteiger partial charge in [-0.2, -0.15) is 9.78 Å². The summed E-state index contributed by atoms with van der Waals surface area (Å²) in [7, 11) is 0. The van der Waals surface area contributed by atoms with Crippen molar-refractivity contribution in [3.63, 3.8) is 0 Å². The van der Waals surface area contributed by atoms with E-state index >= 15 is 0 Å². The first kappa shape index (κ1) is 26.2. The van der Waals surface area contributed by atoms with Gasteiger partial charge in [0.1, 0.15) is 18.2 Å². The van der Waals surface area contributed by atoms with Gasteiger partial charge in [-0.25, -0.2) is 4.98 Å². The molecule has 5 rings (SSSR count). The summed E-state index contributed by atoms with van der Waals surface area (Å²) in [5, 5.41) is 6.75. The first-order chi connectivity index (χ1) is 17.9. The first-order valence-corrected chi connectivity index (χ1v) is 13.9. The molecule has 4 aromatic rings. The predicted molar refractivity (Wildman–Crippen MR) is 155 cm³/mol. The first-order valence-electron chi connectivity index (χ1n) is 12.0. The second-order valence-corrected chi connectivity index (χ2v) is 11.2. The Morgan fingerprint density at radius 2 is 1.76 bits per heavy atom. The number of hydrogen-bond acceptors (Lipinski definition) is 4. The third-order valence-corrected chi connectivity index (χ3v) is 7.80. The molecule has 190 valence electrons. The van der Waals surface area contributed by atoms with E-state index < -0.39 is 0 Å². The van der Waals surface area contributed by atoms with Crippen LogP contribution < -0.4 is 10.3 Å². The van der Waals surface area contributed by atoms with Crippen LogP contribution in [-0.4, -0.2) is 15.9 Å². The molecule has 1 aliphatic carbocycles. The topological polar surface area (TPSA) is 56.5 Å². The number of benzene rings is 3. The van der Waals surface area contributed by atoms with Gasteiger partial charge in [0.2, 0.25) is 0 Å². The van der Waals surface area contributed by atoms with Crippen LogP contribution in [0.5, 0.6) is 5.75 Å². The zero-order valence-corrected chi connectivity index (χ0v) is 23.6. The van der Waals surface area contributed by atoms with E-state index in [1.54, 1.807) is 42.6 Å². The normalized spacial score (nSPS) is 14.5. The molecule has 1 heterocycles. The second kappa shape index (κ2) is 11.6. The van der Waals surface area contributed by atoms with Crippen molar-refractivity contribution in [3.8, 4) is 5.75 Å². The molecule has 3 aromatic carbocycles. The van der Waals surface area contributed by atoms with Crippen molar-refractivity contribution < 1.29 is 4.74 Å². The van der Waals surface area contributed by atoms with Crippen molar-refractivity contribution in [2.75, 3.05) is 0 Å². The standard InChI is InChI=1S/C28H23BrCl3N3O2/c29-20-7-10-25-23(13-20)28(36)35(27(34-25)17-4-2-1-3-5-17)33-15-19-12-21(30)9-11-26(19)37-16-18-6-8-22(31)14-24(18)32/h6-15,17H,1-5,16H2. The largest absolute Gasteiger partial charge is 0.488 e. The Kier molecular flexibility index (Phi) is 8.20. The van der Waals surface area contributed by atoms with Gasteiger partial charge in [-0.1, -0.05) is 76.1 Å². The lowest BCUT2D eigenvalue weighted by atomic mass is 9.88. The van der Waals surface area contributed by atoms with E-state index in [2.05, 4.69) is 21.0 Å². The van der Waals surface area contributed by atoms with Crippen molar-refractivity contribution in [3.05, 3.63) is 101 Å². The molecule has 1 aliphatic rings. The number of rotatable bonds is 6. The van der Waals surface area contributed by atoms with Crippen LogP contribution in [0, 0.1) is 0 Å². The third-order valence-electron chi connectivity index (χ3n) is 6.49. The zero-order chi connectivity index (χ0) is 25.9. The lowest BCUT2D eigenvalue weighted by molar-refractivity contribution is 0.306. The molecule has 5 nitrogen and oxygen atoms in total. The van der Waals surface area contributed by atoms with Gasteiger partial charge in [-0.3, -0.25) is 4.79 Å². The summed E-state index contributed by atoms with van der Waals surface area (Å²) in [6, 6.07) is 16.1. The van der Waals surface area contributed by atoms with Crippen LogP contribution in [-0.2, 0) is 6.61 Å². The van der Waals surface area contributed by atoms with E-state index in [1.165, 1.54) is 11.1 Å². The molecule has 0 bridgehead atoms. The van der Waals surface area contributed by atoms with E-state index in [1.807, 2.05) is 18.2 Å². The molecule has 37 heavy (non-hydrogen) atoms. The Bertz CT molecular complexity index is 1550. The highest BCUT2D eigenvalue weighted by molar-refractivity contribution is 9.10. The summed E-state index contributed by atoms with van der Waals surface area (Å²) >= 11 is 22.1. The quantitative estimate of drug-likeness (QED) is 0.203. The highest BCUT2D eigenvalue weighted by Gasteiger charge is 2.22. The van der Waals surface area contributed by atoms with Gasteiger partial charge in [-0.05, 0) is 61.4 Å². The number of fused-ring (bicyclic) bond motifs is 1. The SMILES string of the molecule is O=c1c2cc(Br)ccc2nc(C2CCCCC2)n1N=Cc1cc(Cl)ccc1OCc1ccc(Cl)cc1Cl. The van der Waals surface area contributed by atoms with Crippen molar-refractivity contribution in [2.24, 2.45) is 5.10 Å². The maximum Gasteiger partial charge on any atom is 0.282 e. The lowest BCUT2D eigenvalue weighted by Gasteiger charge is -2.22. The van der Waals surface area contributed by atoms with Crippen LogP contribution in [0.3, 0.4) is 0 Å². The molecule has 9 heteroatoms. The van der Waals surface area contributed by atoms with Crippen LogP contribution >= 0.6 is 50.7 Å². The van der Waals surface area contributed by atoms with E-state index in [4.69, 9.17) is 44.5 Å². The number of nitrogens with zero attached hydrogens (tertiary/aromatic N) is 3.